The summed E-state index contributed by atoms with van der Waals surface area (Å²) in [5.41, 5.74) is 0. The Morgan fingerprint density at radius 1 is 1.53 bits per heavy atom. The third kappa shape index (κ3) is 5.07. The largest absolute Gasteiger partial charge is 0.382 e. The second-order valence-electron chi connectivity index (χ2n) is 4.86. The number of aromatic nitrogens is 2. The Hall–Kier alpha value is -0.680. The third-order valence-corrected chi connectivity index (χ3v) is 4.77. The molecule has 5 heteroatoms. The molecule has 19 heavy (non-hydrogen) atoms. The maximum absolute atomic E-state index is 5.37. The first-order valence-corrected chi connectivity index (χ1v) is 8.39. The van der Waals surface area contributed by atoms with E-state index in [0.29, 0.717) is 0 Å². The monoisotopic (exact) mass is 283 g/mol. The number of aryl methyl sites for hydroxylation is 1. The highest BCUT2D eigenvalue weighted by Crippen LogP contribution is 2.25. The molecule has 1 atom stereocenters. The van der Waals surface area contributed by atoms with E-state index in [2.05, 4.69) is 26.6 Å². The number of rotatable bonds is 8. The Morgan fingerprint density at radius 2 is 2.47 bits per heavy atom. The zero-order chi connectivity index (χ0) is 13.3. The molecule has 0 spiro atoms. The van der Waals surface area contributed by atoms with Gasteiger partial charge < -0.3 is 14.6 Å². The minimum atomic E-state index is 0.752. The highest BCUT2D eigenvalue weighted by molar-refractivity contribution is 7.99. The summed E-state index contributed by atoms with van der Waals surface area (Å²) in [5, 5.41) is 4.25. The van der Waals surface area contributed by atoms with E-state index in [1.807, 2.05) is 19.3 Å². The van der Waals surface area contributed by atoms with Crippen molar-refractivity contribution in [3.05, 3.63) is 12.4 Å². The summed E-state index contributed by atoms with van der Waals surface area (Å²) in [7, 11) is 0. The van der Waals surface area contributed by atoms with Crippen molar-refractivity contribution in [3.8, 4) is 0 Å². The molecule has 0 radical (unpaired) electrons. The Bertz CT molecular complexity index is 350. The van der Waals surface area contributed by atoms with Gasteiger partial charge in [-0.2, -0.15) is 11.8 Å². The van der Waals surface area contributed by atoms with Crippen LogP contribution in [0, 0.1) is 0 Å². The molecule has 1 saturated heterocycles. The number of anilines is 1. The van der Waals surface area contributed by atoms with Crippen molar-refractivity contribution in [2.24, 2.45) is 0 Å². The molecule has 1 aromatic heterocycles. The van der Waals surface area contributed by atoms with Gasteiger partial charge in [0.1, 0.15) is 0 Å². The quantitative estimate of drug-likeness (QED) is 0.744. The van der Waals surface area contributed by atoms with Crippen LogP contribution in [0.15, 0.2) is 12.4 Å². The first-order chi connectivity index (χ1) is 9.40. The molecule has 1 N–H and O–H groups in total. The molecule has 0 amide bonds. The Balaban J connectivity index is 1.72. The molecule has 4 nitrogen and oxygen atoms in total. The lowest BCUT2D eigenvalue weighted by molar-refractivity contribution is 0.142. The van der Waals surface area contributed by atoms with Gasteiger partial charge in [0.15, 0.2) is 0 Å². The fourth-order valence-electron chi connectivity index (χ4n) is 2.31. The van der Waals surface area contributed by atoms with Crippen molar-refractivity contribution >= 4 is 17.7 Å². The van der Waals surface area contributed by atoms with E-state index in [1.165, 1.54) is 25.0 Å². The topological polar surface area (TPSA) is 39.1 Å². The number of hydrogen-bond donors (Lipinski definition) is 1. The van der Waals surface area contributed by atoms with Gasteiger partial charge in [-0.1, -0.05) is 6.42 Å². The van der Waals surface area contributed by atoms with Crippen molar-refractivity contribution in [3.63, 3.8) is 0 Å². The van der Waals surface area contributed by atoms with E-state index in [0.717, 1.165) is 43.9 Å². The zero-order valence-corrected chi connectivity index (χ0v) is 12.6. The molecule has 1 fully saturated rings. The van der Waals surface area contributed by atoms with Crippen LogP contribution in [0.4, 0.5) is 5.95 Å². The number of ether oxygens (including phenoxy) is 1. The Labute approximate surface area is 120 Å². The van der Waals surface area contributed by atoms with Crippen molar-refractivity contribution in [1.29, 1.82) is 0 Å². The summed E-state index contributed by atoms with van der Waals surface area (Å²) < 4.78 is 7.56. The first-order valence-electron chi connectivity index (χ1n) is 7.34. The van der Waals surface area contributed by atoms with Crippen molar-refractivity contribution < 1.29 is 4.74 Å². The van der Waals surface area contributed by atoms with E-state index in [-0.39, 0.29) is 0 Å². The predicted octanol–water partition coefficient (Wildman–Crippen LogP) is 3.01. The minimum Gasteiger partial charge on any atom is -0.382 e. The van der Waals surface area contributed by atoms with Gasteiger partial charge >= 0.3 is 0 Å². The average Bonchev–Trinajstić information content (AvgIpc) is 2.90. The van der Waals surface area contributed by atoms with Gasteiger partial charge in [0.05, 0.1) is 0 Å². The molecule has 1 aliphatic rings. The highest BCUT2D eigenvalue weighted by Gasteiger charge is 2.14. The first kappa shape index (κ1) is 14.7. The number of nitrogens with zero attached hydrogens (tertiary/aromatic N) is 2. The van der Waals surface area contributed by atoms with E-state index >= 15 is 0 Å². The molecule has 0 saturated carbocycles. The van der Waals surface area contributed by atoms with Crippen LogP contribution >= 0.6 is 11.8 Å². The van der Waals surface area contributed by atoms with E-state index in [1.54, 1.807) is 0 Å². The standard InChI is InChI=1S/C14H25N3OS/c1-2-18-10-5-8-17-9-7-15-14(17)16-12-13-6-3-4-11-19-13/h7,9,13H,2-6,8,10-12H2,1H3,(H,15,16). The predicted molar refractivity (Wildman–Crippen MR) is 81.9 cm³/mol. The van der Waals surface area contributed by atoms with E-state index in [9.17, 15) is 0 Å². The molecule has 1 aliphatic heterocycles. The molecule has 2 heterocycles. The van der Waals surface area contributed by atoms with Gasteiger partial charge in [-0.25, -0.2) is 4.98 Å². The van der Waals surface area contributed by atoms with Crippen LogP contribution in [0.2, 0.25) is 0 Å². The van der Waals surface area contributed by atoms with Crippen molar-refractivity contribution in [1.82, 2.24) is 9.55 Å². The maximum atomic E-state index is 5.37. The Morgan fingerprint density at radius 3 is 3.26 bits per heavy atom. The average molecular weight is 283 g/mol. The van der Waals surface area contributed by atoms with Crippen LogP contribution in [-0.2, 0) is 11.3 Å². The summed E-state index contributed by atoms with van der Waals surface area (Å²) >= 11 is 2.10. The molecule has 2 rings (SSSR count). The molecule has 1 aromatic rings. The number of nitrogens with one attached hydrogen (secondary N) is 1. The van der Waals surface area contributed by atoms with Crippen LogP contribution in [0.25, 0.3) is 0 Å². The second kappa shape index (κ2) is 8.48. The highest BCUT2D eigenvalue weighted by atomic mass is 32.2. The summed E-state index contributed by atoms with van der Waals surface area (Å²) in [6, 6.07) is 0. The molecule has 1 unspecified atom stereocenters. The molecular weight excluding hydrogens is 258 g/mol. The summed E-state index contributed by atoms with van der Waals surface area (Å²) in [5.74, 6) is 2.32. The van der Waals surface area contributed by atoms with Crippen LogP contribution in [0.5, 0.6) is 0 Å². The molecule has 0 aliphatic carbocycles. The van der Waals surface area contributed by atoms with Gasteiger partial charge in [-0.15, -0.1) is 0 Å². The lowest BCUT2D eigenvalue weighted by Gasteiger charge is -2.21. The number of thioether (sulfide) groups is 1. The fourth-order valence-corrected chi connectivity index (χ4v) is 3.55. The summed E-state index contributed by atoms with van der Waals surface area (Å²) in [6.45, 7) is 5.67. The smallest absolute Gasteiger partial charge is 0.202 e. The van der Waals surface area contributed by atoms with Crippen LogP contribution in [0.1, 0.15) is 32.6 Å². The maximum Gasteiger partial charge on any atom is 0.202 e. The van der Waals surface area contributed by atoms with Gasteiger partial charge in [0.2, 0.25) is 5.95 Å². The van der Waals surface area contributed by atoms with Crippen LogP contribution in [-0.4, -0.2) is 40.3 Å². The van der Waals surface area contributed by atoms with Gasteiger partial charge in [0.25, 0.3) is 0 Å². The van der Waals surface area contributed by atoms with Crippen LogP contribution in [0.3, 0.4) is 0 Å². The van der Waals surface area contributed by atoms with Gasteiger partial charge in [-0.05, 0) is 31.9 Å². The van der Waals surface area contributed by atoms with Crippen molar-refractivity contribution in [2.45, 2.75) is 44.4 Å². The molecule has 0 bridgehead atoms. The summed E-state index contributed by atoms with van der Waals surface area (Å²) in [4.78, 5) is 4.40. The van der Waals surface area contributed by atoms with Crippen molar-refractivity contribution in [2.75, 3.05) is 30.8 Å². The van der Waals surface area contributed by atoms with E-state index in [4.69, 9.17) is 4.74 Å². The molecule has 0 aromatic carbocycles. The Kier molecular flexibility index (Phi) is 6.57. The lowest BCUT2D eigenvalue weighted by atomic mass is 10.2. The number of hydrogen-bond acceptors (Lipinski definition) is 4. The van der Waals surface area contributed by atoms with Gasteiger partial charge in [0, 0.05) is 43.9 Å². The third-order valence-electron chi connectivity index (χ3n) is 3.37. The second-order valence-corrected chi connectivity index (χ2v) is 6.27. The minimum absolute atomic E-state index is 0.752. The van der Waals surface area contributed by atoms with E-state index < -0.39 is 0 Å². The van der Waals surface area contributed by atoms with Gasteiger partial charge in [-0.3, -0.25) is 0 Å². The fraction of sp³-hybridized carbons (Fsp3) is 0.786. The zero-order valence-electron chi connectivity index (χ0n) is 11.8. The van der Waals surface area contributed by atoms with Crippen LogP contribution < -0.4 is 5.32 Å². The normalized spacial score (nSPS) is 19.5. The number of imidazole rings is 1. The SMILES string of the molecule is CCOCCCn1ccnc1NCC1CCCCS1. The summed E-state index contributed by atoms with van der Waals surface area (Å²) in [6.07, 6.45) is 9.05. The molecule has 108 valence electrons. The molecular formula is C14H25N3OS. The lowest BCUT2D eigenvalue weighted by Crippen LogP contribution is -2.21.